The Morgan fingerprint density at radius 1 is 1.14 bits per heavy atom. The fraction of sp³-hybridized carbons (Fsp3) is 0.296. The largest absolute Gasteiger partial charge is 0.341 e. The van der Waals surface area contributed by atoms with Crippen molar-refractivity contribution in [2.24, 2.45) is 19.8 Å². The smallest absolute Gasteiger partial charge is 0.166 e. The minimum absolute atomic E-state index is 0.0105. The maximum absolute atomic E-state index is 14.2. The van der Waals surface area contributed by atoms with Gasteiger partial charge in [-0.3, -0.25) is 9.48 Å². The number of carbonyl (C=O) groups is 1. The molecule has 7 nitrogen and oxygen atoms in total. The number of nitrogens with zero attached hydrogens (tertiary/aromatic N) is 5. The summed E-state index contributed by atoms with van der Waals surface area (Å²) in [6.07, 6.45) is 5.18. The van der Waals surface area contributed by atoms with Gasteiger partial charge in [-0.05, 0) is 67.9 Å². The van der Waals surface area contributed by atoms with Crippen LogP contribution in [0, 0.1) is 17.1 Å². The molecule has 1 fully saturated rings. The summed E-state index contributed by atoms with van der Waals surface area (Å²) in [7, 11) is 5.78. The summed E-state index contributed by atoms with van der Waals surface area (Å²) < 4.78 is 17.7. The molecule has 1 aliphatic heterocycles. The first-order chi connectivity index (χ1) is 16.8. The highest BCUT2D eigenvalue weighted by Gasteiger charge is 2.18. The maximum Gasteiger partial charge on any atom is 0.166 e. The fourth-order valence-corrected chi connectivity index (χ4v) is 4.58. The summed E-state index contributed by atoms with van der Waals surface area (Å²) in [4.78, 5) is 13.8. The van der Waals surface area contributed by atoms with Crippen molar-refractivity contribution in [3.05, 3.63) is 65.7 Å². The highest BCUT2D eigenvalue weighted by atomic mass is 19.1. The topological polar surface area (TPSA) is 92.9 Å². The summed E-state index contributed by atoms with van der Waals surface area (Å²) in [6, 6.07) is 14.3. The zero-order chi connectivity index (χ0) is 25.1. The minimum Gasteiger partial charge on any atom is -0.341 e. The average molecular weight is 473 g/mol. The van der Waals surface area contributed by atoms with Crippen molar-refractivity contribution in [2.75, 3.05) is 20.1 Å². The van der Waals surface area contributed by atoms with Crippen molar-refractivity contribution >= 4 is 17.2 Å². The number of rotatable bonds is 3. The Bertz CT molecular complexity index is 1410. The first kappa shape index (κ1) is 24.3. The number of fused-ring (bicyclic) bond motifs is 1. The van der Waals surface area contributed by atoms with E-state index in [1.807, 2.05) is 37.5 Å². The maximum atomic E-state index is 14.2. The van der Waals surface area contributed by atoms with E-state index in [0.717, 1.165) is 40.6 Å². The van der Waals surface area contributed by atoms with Crippen molar-refractivity contribution in [1.29, 1.82) is 5.26 Å². The number of halogens is 1. The third kappa shape index (κ3) is 5.16. The van der Waals surface area contributed by atoms with Crippen LogP contribution in [0.5, 0.6) is 0 Å². The number of piperidine rings is 1. The highest BCUT2D eigenvalue weighted by Crippen LogP contribution is 2.36. The van der Waals surface area contributed by atoms with Gasteiger partial charge in [-0.1, -0.05) is 12.1 Å². The molecule has 0 bridgehead atoms. The molecule has 5 rings (SSSR count). The van der Waals surface area contributed by atoms with Gasteiger partial charge in [0.2, 0.25) is 0 Å². The number of aromatic nitrogens is 3. The van der Waals surface area contributed by atoms with Crippen molar-refractivity contribution < 1.29 is 9.18 Å². The number of aryl methyl sites for hydroxylation is 1. The van der Waals surface area contributed by atoms with Gasteiger partial charge < -0.3 is 15.2 Å². The molecular weight excluding hydrogens is 443 g/mol. The van der Waals surface area contributed by atoms with Gasteiger partial charge in [-0.2, -0.15) is 10.4 Å². The van der Waals surface area contributed by atoms with E-state index in [1.54, 1.807) is 28.4 Å². The first-order valence-corrected chi connectivity index (χ1v) is 11.5. The van der Waals surface area contributed by atoms with E-state index in [9.17, 15) is 9.18 Å². The molecule has 2 aromatic carbocycles. The number of likely N-dealkylation sites (tertiary alicyclic amines) is 1. The van der Waals surface area contributed by atoms with Crippen molar-refractivity contribution in [3.63, 3.8) is 0 Å². The minimum atomic E-state index is -0.583. The average Bonchev–Trinajstić information content (AvgIpc) is 3.37. The Morgan fingerprint density at radius 2 is 1.91 bits per heavy atom. The van der Waals surface area contributed by atoms with E-state index >= 15 is 0 Å². The van der Waals surface area contributed by atoms with Crippen LogP contribution in [0.2, 0.25) is 0 Å². The third-order valence-electron chi connectivity index (χ3n) is 6.34. The summed E-state index contributed by atoms with van der Waals surface area (Å²) in [5.74, 6) is -0.583. The molecule has 180 valence electrons. The fourth-order valence-electron chi connectivity index (χ4n) is 4.58. The van der Waals surface area contributed by atoms with E-state index in [-0.39, 0.29) is 5.56 Å². The van der Waals surface area contributed by atoms with E-state index in [2.05, 4.69) is 17.0 Å². The lowest BCUT2D eigenvalue weighted by Crippen LogP contribution is -2.40. The normalized spacial score (nSPS) is 15.9. The quantitative estimate of drug-likeness (QED) is 0.453. The summed E-state index contributed by atoms with van der Waals surface area (Å²) in [6.45, 7) is 2.31. The Morgan fingerprint density at radius 3 is 2.54 bits per heavy atom. The van der Waals surface area contributed by atoms with Crippen LogP contribution in [0.4, 0.5) is 4.39 Å². The molecule has 1 unspecified atom stereocenters. The van der Waals surface area contributed by atoms with Crippen LogP contribution >= 0.6 is 0 Å². The molecular formula is C27H29FN6O. The van der Waals surface area contributed by atoms with Crippen LogP contribution in [0.15, 0.2) is 48.7 Å². The second kappa shape index (κ2) is 10.2. The second-order valence-electron chi connectivity index (χ2n) is 9.06. The predicted octanol–water partition coefficient (Wildman–Crippen LogP) is 4.11. The number of nitriles is 1. The lowest BCUT2D eigenvalue weighted by Gasteiger charge is -2.26. The zero-order valence-corrected chi connectivity index (χ0v) is 20.2. The molecule has 0 saturated carbocycles. The molecule has 0 amide bonds. The molecule has 1 aliphatic rings. The number of hydrogen-bond acceptors (Lipinski definition) is 5. The van der Waals surface area contributed by atoms with Crippen molar-refractivity contribution in [1.82, 2.24) is 19.2 Å². The number of hydrogen-bond donors (Lipinski definition) is 1. The monoisotopic (exact) mass is 472 g/mol. The highest BCUT2D eigenvalue weighted by molar-refractivity contribution is 5.91. The predicted molar refractivity (Wildman–Crippen MR) is 135 cm³/mol. The van der Waals surface area contributed by atoms with Gasteiger partial charge in [-0.25, -0.2) is 4.39 Å². The van der Waals surface area contributed by atoms with E-state index in [4.69, 9.17) is 11.0 Å². The van der Waals surface area contributed by atoms with Crippen LogP contribution in [-0.2, 0) is 14.1 Å². The summed E-state index contributed by atoms with van der Waals surface area (Å²) in [5, 5.41) is 14.3. The molecule has 3 heterocycles. The Hall–Kier alpha value is -3.80. The van der Waals surface area contributed by atoms with E-state index in [0.29, 0.717) is 17.3 Å². The molecule has 4 aromatic rings. The SMILES string of the molecule is CN1CCCC(N)C1.Cn1cc2cc(-c3c(-c4ccc(C#N)c(F)c4)cc(C=O)n3C)ccc2n1. The first-order valence-electron chi connectivity index (χ1n) is 11.5. The van der Waals surface area contributed by atoms with Crippen LogP contribution in [-0.4, -0.2) is 51.7 Å². The van der Waals surface area contributed by atoms with Crippen LogP contribution in [0.3, 0.4) is 0 Å². The molecule has 8 heteroatoms. The number of benzene rings is 2. The van der Waals surface area contributed by atoms with Crippen molar-refractivity contribution in [2.45, 2.75) is 18.9 Å². The molecule has 1 atom stereocenters. The number of likely N-dealkylation sites (N-methyl/N-ethyl adjacent to an activating group) is 1. The Balaban J connectivity index is 0.000000308. The zero-order valence-electron chi connectivity index (χ0n) is 20.2. The molecule has 1 saturated heterocycles. The summed E-state index contributed by atoms with van der Waals surface area (Å²) >= 11 is 0. The lowest BCUT2D eigenvalue weighted by atomic mass is 9.99. The van der Waals surface area contributed by atoms with Gasteiger partial charge in [0.25, 0.3) is 0 Å². The summed E-state index contributed by atoms with van der Waals surface area (Å²) in [5.41, 5.74) is 10.1. The molecule has 35 heavy (non-hydrogen) atoms. The molecule has 0 aliphatic carbocycles. The lowest BCUT2D eigenvalue weighted by molar-refractivity contribution is 0.111. The van der Waals surface area contributed by atoms with Gasteiger partial charge in [0.15, 0.2) is 6.29 Å². The van der Waals surface area contributed by atoms with Gasteiger partial charge in [0.05, 0.1) is 22.5 Å². The van der Waals surface area contributed by atoms with Crippen molar-refractivity contribution in [3.8, 4) is 28.5 Å². The Labute approximate surface area is 204 Å². The standard InChI is InChI=1S/C21H15FN4O.C6H14N2/c1-25-11-16-7-14(5-6-20(16)24-25)21-18(9-17(12-27)26(21)2)13-3-4-15(10-23)19(22)8-13;1-8-4-2-3-6(7)5-8/h3-9,11-12H,1-2H3;6H,2-5,7H2,1H3. The van der Waals surface area contributed by atoms with Crippen LogP contribution in [0.25, 0.3) is 33.3 Å². The molecule has 0 radical (unpaired) electrons. The van der Waals surface area contributed by atoms with Gasteiger partial charge in [-0.15, -0.1) is 0 Å². The molecule has 2 aromatic heterocycles. The third-order valence-corrected chi connectivity index (χ3v) is 6.34. The Kier molecular flexibility index (Phi) is 7.10. The number of carbonyl (C=O) groups excluding carboxylic acids is 1. The number of nitrogens with two attached hydrogens (primary N) is 1. The molecule has 0 spiro atoms. The van der Waals surface area contributed by atoms with Crippen LogP contribution in [0.1, 0.15) is 28.9 Å². The van der Waals surface area contributed by atoms with E-state index < -0.39 is 5.82 Å². The van der Waals surface area contributed by atoms with Crippen LogP contribution < -0.4 is 5.73 Å². The van der Waals surface area contributed by atoms with Gasteiger partial charge in [0.1, 0.15) is 11.9 Å². The second-order valence-corrected chi connectivity index (χ2v) is 9.06. The van der Waals surface area contributed by atoms with E-state index in [1.165, 1.54) is 31.5 Å². The molecule has 2 N–H and O–H groups in total. The van der Waals surface area contributed by atoms with Gasteiger partial charge in [0, 0.05) is 43.8 Å². The van der Waals surface area contributed by atoms with Gasteiger partial charge >= 0.3 is 0 Å². The number of aldehydes is 1.